The molecule has 27 heavy (non-hydrogen) atoms. The number of halogens is 1. The number of nitrogens with zero attached hydrogens (tertiary/aromatic N) is 1. The summed E-state index contributed by atoms with van der Waals surface area (Å²) >= 11 is 6.18. The third kappa shape index (κ3) is 5.87. The van der Waals surface area contributed by atoms with Crippen LogP contribution in [0.5, 0.6) is 5.75 Å². The predicted molar refractivity (Wildman–Crippen MR) is 108 cm³/mol. The lowest BCUT2D eigenvalue weighted by Gasteiger charge is -2.18. The van der Waals surface area contributed by atoms with Gasteiger partial charge in [0.25, 0.3) is 5.91 Å². The van der Waals surface area contributed by atoms with E-state index < -0.39 is 10.0 Å². The Labute approximate surface area is 165 Å². The number of sulfonamides is 1. The van der Waals surface area contributed by atoms with E-state index in [9.17, 15) is 13.2 Å². The molecule has 6 nitrogen and oxygen atoms in total. The molecule has 1 atom stereocenters. The zero-order chi connectivity index (χ0) is 20.2. The van der Waals surface area contributed by atoms with Crippen LogP contribution in [0.1, 0.15) is 22.8 Å². The van der Waals surface area contributed by atoms with Gasteiger partial charge in [-0.1, -0.05) is 29.3 Å². The van der Waals surface area contributed by atoms with Gasteiger partial charge in [-0.25, -0.2) is 8.42 Å². The van der Waals surface area contributed by atoms with Crippen molar-refractivity contribution in [3.8, 4) is 5.75 Å². The minimum atomic E-state index is -3.40. The van der Waals surface area contributed by atoms with Crippen molar-refractivity contribution >= 4 is 33.2 Å². The topological polar surface area (TPSA) is 75.7 Å². The molecule has 0 saturated carbocycles. The first-order chi connectivity index (χ1) is 12.6. The molecular weight excluding hydrogens is 388 g/mol. The molecule has 2 aromatic rings. The van der Waals surface area contributed by atoms with Crippen LogP contribution in [0.4, 0.5) is 5.69 Å². The minimum Gasteiger partial charge on any atom is -0.491 e. The Morgan fingerprint density at radius 2 is 1.85 bits per heavy atom. The molecule has 0 radical (unpaired) electrons. The van der Waals surface area contributed by atoms with Gasteiger partial charge in [0.2, 0.25) is 10.0 Å². The molecule has 0 unspecified atom stereocenters. The van der Waals surface area contributed by atoms with Crippen molar-refractivity contribution in [1.29, 1.82) is 0 Å². The minimum absolute atomic E-state index is 0.173. The van der Waals surface area contributed by atoms with E-state index >= 15 is 0 Å². The molecule has 2 rings (SSSR count). The average Bonchev–Trinajstić information content (AvgIpc) is 2.59. The lowest BCUT2D eigenvalue weighted by atomic mass is 10.2. The van der Waals surface area contributed by atoms with E-state index in [1.165, 1.54) is 25.2 Å². The van der Waals surface area contributed by atoms with Crippen LogP contribution in [0.25, 0.3) is 0 Å². The van der Waals surface area contributed by atoms with Crippen LogP contribution < -0.4 is 14.4 Å². The van der Waals surface area contributed by atoms with Gasteiger partial charge in [0.1, 0.15) is 12.4 Å². The van der Waals surface area contributed by atoms with Gasteiger partial charge >= 0.3 is 0 Å². The fourth-order valence-electron chi connectivity index (χ4n) is 2.27. The Hall–Kier alpha value is -2.25. The van der Waals surface area contributed by atoms with Crippen molar-refractivity contribution in [2.75, 3.05) is 24.2 Å². The SMILES string of the molecule is Cc1ccc(OC[C@@H](C)NC(=O)c2ccc(N(C)S(C)(=O)=O)cc2Cl)cc1. The standard InChI is InChI=1S/C19H23ClN2O4S/c1-13-5-8-16(9-6-13)26-12-14(2)21-19(23)17-10-7-15(11-18(17)20)22(3)27(4,24)25/h5-11,14H,12H2,1-4H3,(H,21,23)/t14-/m1/s1. The van der Waals surface area contributed by atoms with Crippen molar-refractivity contribution in [3.63, 3.8) is 0 Å². The normalized spacial score (nSPS) is 12.3. The zero-order valence-corrected chi connectivity index (χ0v) is 17.3. The van der Waals surface area contributed by atoms with Crippen molar-refractivity contribution in [3.05, 3.63) is 58.6 Å². The fraction of sp³-hybridized carbons (Fsp3) is 0.316. The summed E-state index contributed by atoms with van der Waals surface area (Å²) in [5.74, 6) is 0.376. The summed E-state index contributed by atoms with van der Waals surface area (Å²) in [6.45, 7) is 4.13. The number of aryl methyl sites for hydroxylation is 1. The summed E-state index contributed by atoms with van der Waals surface area (Å²) in [4.78, 5) is 12.4. The number of nitrogens with one attached hydrogen (secondary N) is 1. The molecule has 2 aromatic carbocycles. The maximum absolute atomic E-state index is 12.4. The van der Waals surface area contributed by atoms with Gasteiger partial charge in [0.05, 0.1) is 28.6 Å². The second-order valence-corrected chi connectivity index (χ2v) is 8.81. The molecule has 0 aliphatic carbocycles. The van der Waals surface area contributed by atoms with Gasteiger partial charge in [-0.3, -0.25) is 9.10 Å². The highest BCUT2D eigenvalue weighted by Gasteiger charge is 2.17. The number of hydrogen-bond donors (Lipinski definition) is 1. The molecule has 0 aliphatic rings. The van der Waals surface area contributed by atoms with Gasteiger partial charge in [-0.05, 0) is 44.2 Å². The molecule has 8 heteroatoms. The van der Waals surface area contributed by atoms with Crippen LogP contribution in [0.2, 0.25) is 5.02 Å². The molecule has 0 saturated heterocycles. The van der Waals surface area contributed by atoms with Crippen LogP contribution in [-0.4, -0.2) is 40.3 Å². The quantitative estimate of drug-likeness (QED) is 0.760. The fourth-order valence-corrected chi connectivity index (χ4v) is 3.03. The van der Waals surface area contributed by atoms with E-state index in [-0.39, 0.29) is 22.5 Å². The molecular formula is C19H23ClN2O4S. The van der Waals surface area contributed by atoms with E-state index in [1.54, 1.807) is 0 Å². The number of carbonyl (C=O) groups is 1. The predicted octanol–water partition coefficient (Wildman–Crippen LogP) is 3.24. The highest BCUT2D eigenvalue weighted by molar-refractivity contribution is 7.92. The van der Waals surface area contributed by atoms with Crippen LogP contribution in [0.15, 0.2) is 42.5 Å². The van der Waals surface area contributed by atoms with Gasteiger partial charge in [-0.15, -0.1) is 0 Å². The largest absolute Gasteiger partial charge is 0.491 e. The molecule has 1 amide bonds. The number of hydrogen-bond acceptors (Lipinski definition) is 4. The first-order valence-corrected chi connectivity index (χ1v) is 10.5. The Kier molecular flexibility index (Phi) is 6.73. The Morgan fingerprint density at radius 1 is 1.22 bits per heavy atom. The second kappa shape index (κ2) is 8.63. The number of amides is 1. The number of benzene rings is 2. The first kappa shape index (κ1) is 21.1. The maximum Gasteiger partial charge on any atom is 0.253 e. The summed E-state index contributed by atoms with van der Waals surface area (Å²) in [7, 11) is -1.98. The summed E-state index contributed by atoms with van der Waals surface area (Å²) < 4.78 is 30.0. The maximum atomic E-state index is 12.4. The summed E-state index contributed by atoms with van der Waals surface area (Å²) in [6.07, 6.45) is 1.09. The highest BCUT2D eigenvalue weighted by atomic mass is 35.5. The van der Waals surface area contributed by atoms with Crippen molar-refractivity contribution in [2.45, 2.75) is 19.9 Å². The van der Waals surface area contributed by atoms with Crippen LogP contribution in [0, 0.1) is 6.92 Å². The van der Waals surface area contributed by atoms with Crippen LogP contribution in [0.3, 0.4) is 0 Å². The highest BCUT2D eigenvalue weighted by Crippen LogP contribution is 2.24. The molecule has 146 valence electrons. The molecule has 0 bridgehead atoms. The van der Waals surface area contributed by atoms with Crippen molar-refractivity contribution in [2.24, 2.45) is 0 Å². The number of rotatable bonds is 7. The first-order valence-electron chi connectivity index (χ1n) is 8.31. The van der Waals surface area contributed by atoms with E-state index in [4.69, 9.17) is 16.3 Å². The van der Waals surface area contributed by atoms with E-state index in [2.05, 4.69) is 5.32 Å². The smallest absolute Gasteiger partial charge is 0.253 e. The summed E-state index contributed by atoms with van der Waals surface area (Å²) in [5, 5.41) is 2.99. The average molecular weight is 411 g/mol. The monoisotopic (exact) mass is 410 g/mol. The molecule has 0 aliphatic heterocycles. The van der Waals surface area contributed by atoms with Crippen molar-refractivity contribution in [1.82, 2.24) is 5.32 Å². The number of carbonyl (C=O) groups excluding carboxylic acids is 1. The molecule has 1 N–H and O–H groups in total. The zero-order valence-electron chi connectivity index (χ0n) is 15.7. The van der Waals surface area contributed by atoms with Crippen LogP contribution in [-0.2, 0) is 10.0 Å². The third-order valence-corrected chi connectivity index (χ3v) is 5.48. The van der Waals surface area contributed by atoms with Crippen molar-refractivity contribution < 1.29 is 17.9 Å². The third-order valence-electron chi connectivity index (χ3n) is 3.96. The number of anilines is 1. The lowest BCUT2D eigenvalue weighted by molar-refractivity contribution is 0.0927. The number of ether oxygens (including phenoxy) is 1. The summed E-state index contributed by atoms with van der Waals surface area (Å²) in [6, 6.07) is 11.9. The Bertz CT molecular complexity index is 914. The Balaban J connectivity index is 1.99. The van der Waals surface area contributed by atoms with E-state index in [0.29, 0.717) is 12.3 Å². The van der Waals surface area contributed by atoms with E-state index in [1.807, 2.05) is 38.1 Å². The molecule has 0 heterocycles. The van der Waals surface area contributed by atoms with Crippen LogP contribution >= 0.6 is 11.6 Å². The lowest BCUT2D eigenvalue weighted by Crippen LogP contribution is -2.37. The second-order valence-electron chi connectivity index (χ2n) is 6.39. The molecule has 0 aromatic heterocycles. The van der Waals surface area contributed by atoms with Gasteiger partial charge < -0.3 is 10.1 Å². The van der Waals surface area contributed by atoms with Gasteiger partial charge in [0, 0.05) is 7.05 Å². The van der Waals surface area contributed by atoms with E-state index in [0.717, 1.165) is 21.9 Å². The Morgan fingerprint density at radius 3 is 2.41 bits per heavy atom. The van der Waals surface area contributed by atoms with Gasteiger partial charge in [0.15, 0.2) is 0 Å². The summed E-state index contributed by atoms with van der Waals surface area (Å²) in [5.41, 5.74) is 1.79. The van der Waals surface area contributed by atoms with Gasteiger partial charge in [-0.2, -0.15) is 0 Å². The molecule has 0 spiro atoms. The molecule has 0 fully saturated rings.